The summed E-state index contributed by atoms with van der Waals surface area (Å²) in [4.78, 5) is 12.7. The molecule has 1 aliphatic carbocycles. The minimum atomic E-state index is -0.0695. The zero-order valence-corrected chi connectivity index (χ0v) is 13.9. The molecule has 1 saturated carbocycles. The van der Waals surface area contributed by atoms with E-state index in [9.17, 15) is 4.79 Å². The van der Waals surface area contributed by atoms with E-state index in [2.05, 4.69) is 12.2 Å². The fraction of sp³-hybridized carbons (Fsp3) is 0.526. The number of benzene rings is 1. The fourth-order valence-electron chi connectivity index (χ4n) is 3.03. The van der Waals surface area contributed by atoms with Gasteiger partial charge >= 0.3 is 0 Å². The van der Waals surface area contributed by atoms with Crippen molar-refractivity contribution in [3.63, 3.8) is 0 Å². The van der Waals surface area contributed by atoms with Gasteiger partial charge in [0.25, 0.3) is 5.91 Å². The molecule has 3 nitrogen and oxygen atoms in total. The highest BCUT2D eigenvalue weighted by atomic mass is 16.5. The summed E-state index contributed by atoms with van der Waals surface area (Å²) in [5.74, 6) is 0.0178. The van der Waals surface area contributed by atoms with Crippen molar-refractivity contribution in [1.82, 2.24) is 5.32 Å². The van der Waals surface area contributed by atoms with E-state index in [0.717, 1.165) is 29.5 Å². The molecule has 0 bridgehead atoms. The maximum atomic E-state index is 12.7. The summed E-state index contributed by atoms with van der Waals surface area (Å²) in [5.41, 5.74) is 2.64. The first-order valence-electron chi connectivity index (χ1n) is 8.25. The van der Waals surface area contributed by atoms with Crippen LogP contribution in [0.5, 0.6) is 0 Å². The van der Waals surface area contributed by atoms with Crippen molar-refractivity contribution in [2.45, 2.75) is 58.4 Å². The monoisotopic (exact) mass is 301 g/mol. The van der Waals surface area contributed by atoms with Gasteiger partial charge in [-0.25, -0.2) is 0 Å². The number of aryl methyl sites for hydroxylation is 1. The SMILES string of the molecule is CCO/C=C/c1ccc(C)cc1C(=O)NC1(C)CCCCC1. The van der Waals surface area contributed by atoms with Gasteiger partial charge in [0.1, 0.15) is 0 Å². The Balaban J connectivity index is 2.18. The number of nitrogens with one attached hydrogen (secondary N) is 1. The molecule has 0 aliphatic heterocycles. The average Bonchev–Trinajstić information content (AvgIpc) is 2.49. The highest BCUT2D eigenvalue weighted by molar-refractivity contribution is 5.98. The van der Waals surface area contributed by atoms with Gasteiger partial charge in [0.2, 0.25) is 0 Å². The zero-order valence-electron chi connectivity index (χ0n) is 13.9. The lowest BCUT2D eigenvalue weighted by Crippen LogP contribution is -2.47. The summed E-state index contributed by atoms with van der Waals surface area (Å²) in [6.07, 6.45) is 9.32. The lowest BCUT2D eigenvalue weighted by atomic mass is 9.83. The lowest BCUT2D eigenvalue weighted by molar-refractivity contribution is 0.0882. The van der Waals surface area contributed by atoms with E-state index < -0.39 is 0 Å². The number of ether oxygens (including phenoxy) is 1. The molecule has 1 fully saturated rings. The first-order chi connectivity index (χ1) is 10.5. The van der Waals surface area contributed by atoms with Crippen molar-refractivity contribution in [2.24, 2.45) is 0 Å². The smallest absolute Gasteiger partial charge is 0.252 e. The van der Waals surface area contributed by atoms with Crippen LogP contribution in [0.25, 0.3) is 6.08 Å². The number of rotatable bonds is 5. The first kappa shape index (κ1) is 16.6. The molecule has 22 heavy (non-hydrogen) atoms. The van der Waals surface area contributed by atoms with Crippen LogP contribution < -0.4 is 5.32 Å². The van der Waals surface area contributed by atoms with E-state index in [1.807, 2.05) is 38.1 Å². The van der Waals surface area contributed by atoms with Crippen LogP contribution in [0, 0.1) is 6.92 Å². The molecule has 120 valence electrons. The van der Waals surface area contributed by atoms with Crippen LogP contribution in [0.15, 0.2) is 24.5 Å². The molecule has 0 saturated heterocycles. The molecule has 0 spiro atoms. The summed E-state index contributed by atoms with van der Waals surface area (Å²) in [7, 11) is 0. The maximum Gasteiger partial charge on any atom is 0.252 e. The van der Waals surface area contributed by atoms with Crippen LogP contribution in [0.2, 0.25) is 0 Å². The molecule has 1 aliphatic rings. The third kappa shape index (κ3) is 4.36. The van der Waals surface area contributed by atoms with Crippen molar-refractivity contribution >= 4 is 12.0 Å². The van der Waals surface area contributed by atoms with Gasteiger partial charge in [-0.15, -0.1) is 0 Å². The van der Waals surface area contributed by atoms with Gasteiger partial charge in [0.05, 0.1) is 12.9 Å². The Morgan fingerprint density at radius 1 is 1.32 bits per heavy atom. The summed E-state index contributed by atoms with van der Waals surface area (Å²) < 4.78 is 5.26. The number of carbonyl (C=O) groups is 1. The third-order valence-corrected chi connectivity index (χ3v) is 4.34. The van der Waals surface area contributed by atoms with Crippen LogP contribution in [-0.4, -0.2) is 18.1 Å². The number of hydrogen-bond donors (Lipinski definition) is 1. The summed E-state index contributed by atoms with van der Waals surface area (Å²) >= 11 is 0. The van der Waals surface area contributed by atoms with E-state index in [0.29, 0.717) is 6.61 Å². The van der Waals surface area contributed by atoms with Gasteiger partial charge in [0, 0.05) is 11.1 Å². The Morgan fingerprint density at radius 2 is 2.05 bits per heavy atom. The molecular weight excluding hydrogens is 274 g/mol. The zero-order chi connectivity index (χ0) is 16.0. The van der Waals surface area contributed by atoms with Gasteiger partial charge in [-0.1, -0.05) is 37.0 Å². The topological polar surface area (TPSA) is 38.3 Å². The Morgan fingerprint density at radius 3 is 2.73 bits per heavy atom. The van der Waals surface area contributed by atoms with Crippen molar-refractivity contribution in [2.75, 3.05) is 6.61 Å². The van der Waals surface area contributed by atoms with Gasteiger partial charge in [0.15, 0.2) is 0 Å². The molecule has 1 N–H and O–H groups in total. The van der Waals surface area contributed by atoms with E-state index >= 15 is 0 Å². The molecule has 0 radical (unpaired) electrons. The van der Waals surface area contributed by atoms with E-state index in [1.165, 1.54) is 19.3 Å². The Labute approximate surface area is 133 Å². The average molecular weight is 301 g/mol. The number of amides is 1. The largest absolute Gasteiger partial charge is 0.501 e. The predicted octanol–water partition coefficient (Wildman–Crippen LogP) is 4.45. The van der Waals surface area contributed by atoms with Crippen LogP contribution in [0.3, 0.4) is 0 Å². The summed E-state index contributed by atoms with van der Waals surface area (Å²) in [6.45, 7) is 6.74. The minimum Gasteiger partial charge on any atom is -0.501 e. The first-order valence-corrected chi connectivity index (χ1v) is 8.25. The number of hydrogen-bond acceptors (Lipinski definition) is 2. The second-order valence-electron chi connectivity index (χ2n) is 6.42. The van der Waals surface area contributed by atoms with Gasteiger partial charge in [-0.3, -0.25) is 4.79 Å². The Hall–Kier alpha value is -1.77. The van der Waals surface area contributed by atoms with Crippen LogP contribution in [-0.2, 0) is 4.74 Å². The quantitative estimate of drug-likeness (QED) is 0.816. The van der Waals surface area contributed by atoms with Gasteiger partial charge in [-0.05, 0) is 51.3 Å². The highest BCUT2D eigenvalue weighted by Gasteiger charge is 2.29. The lowest BCUT2D eigenvalue weighted by Gasteiger charge is -2.34. The van der Waals surface area contributed by atoms with Crippen LogP contribution in [0.4, 0.5) is 0 Å². The maximum absolute atomic E-state index is 12.7. The molecule has 1 aromatic rings. The summed E-state index contributed by atoms with van der Waals surface area (Å²) in [5, 5.41) is 3.26. The predicted molar refractivity (Wildman–Crippen MR) is 90.8 cm³/mol. The second kappa shape index (κ2) is 7.48. The second-order valence-corrected chi connectivity index (χ2v) is 6.42. The molecule has 2 rings (SSSR count). The summed E-state index contributed by atoms with van der Waals surface area (Å²) in [6, 6.07) is 5.95. The van der Waals surface area contributed by atoms with Crippen molar-refractivity contribution in [3.05, 3.63) is 41.2 Å². The van der Waals surface area contributed by atoms with Crippen LogP contribution >= 0.6 is 0 Å². The van der Waals surface area contributed by atoms with E-state index in [4.69, 9.17) is 4.74 Å². The third-order valence-electron chi connectivity index (χ3n) is 4.34. The Bertz CT molecular complexity index is 542. The highest BCUT2D eigenvalue weighted by Crippen LogP contribution is 2.28. The standard InChI is InChI=1S/C19H27NO2/c1-4-22-13-10-16-9-8-15(2)14-17(16)18(21)20-19(3)11-6-5-7-12-19/h8-10,13-14H,4-7,11-12H2,1-3H3,(H,20,21)/b13-10+. The molecular formula is C19H27NO2. The molecule has 0 aromatic heterocycles. The molecule has 0 heterocycles. The van der Waals surface area contributed by atoms with Gasteiger partial charge in [-0.2, -0.15) is 0 Å². The Kier molecular flexibility index (Phi) is 5.64. The molecule has 0 unspecified atom stereocenters. The number of carbonyl (C=O) groups excluding carboxylic acids is 1. The fourth-order valence-corrected chi connectivity index (χ4v) is 3.03. The van der Waals surface area contributed by atoms with E-state index in [-0.39, 0.29) is 11.4 Å². The molecule has 0 atom stereocenters. The van der Waals surface area contributed by atoms with E-state index in [1.54, 1.807) is 6.26 Å². The molecule has 3 heteroatoms. The van der Waals surface area contributed by atoms with Crippen LogP contribution in [0.1, 0.15) is 67.4 Å². The van der Waals surface area contributed by atoms with Crippen molar-refractivity contribution < 1.29 is 9.53 Å². The van der Waals surface area contributed by atoms with Crippen molar-refractivity contribution in [3.8, 4) is 0 Å². The minimum absolute atomic E-state index is 0.0178. The van der Waals surface area contributed by atoms with Gasteiger partial charge < -0.3 is 10.1 Å². The molecule has 1 amide bonds. The molecule has 1 aromatic carbocycles. The normalized spacial score (nSPS) is 17.4. The van der Waals surface area contributed by atoms with Crippen molar-refractivity contribution in [1.29, 1.82) is 0 Å².